The molecule has 0 saturated carbocycles. The van der Waals surface area contributed by atoms with Gasteiger partial charge in [-0.2, -0.15) is 0 Å². The first kappa shape index (κ1) is 33.5. The number of rotatable bonds is 4. The first-order valence-corrected chi connectivity index (χ1v) is 21.0. The van der Waals surface area contributed by atoms with Crippen LogP contribution in [0.2, 0.25) is 0 Å². The zero-order valence-electron chi connectivity index (χ0n) is 33.4. The van der Waals surface area contributed by atoms with Crippen LogP contribution in [0.25, 0.3) is 66.4 Å². The number of para-hydroxylation sites is 1. The van der Waals surface area contributed by atoms with Crippen molar-refractivity contribution >= 4 is 39.0 Å². The highest BCUT2D eigenvalue weighted by molar-refractivity contribution is 6.06. The van der Waals surface area contributed by atoms with Crippen LogP contribution in [-0.2, 0) is 10.8 Å². The molecule has 0 bridgehead atoms. The molecule has 60 heavy (non-hydrogen) atoms. The van der Waals surface area contributed by atoms with E-state index in [0.717, 1.165) is 44.4 Å². The van der Waals surface area contributed by atoms with Crippen molar-refractivity contribution in [1.29, 1.82) is 0 Å². The van der Waals surface area contributed by atoms with Gasteiger partial charge in [-0.3, -0.25) is 0 Å². The largest absolute Gasteiger partial charge is 0.456 e. The summed E-state index contributed by atoms with van der Waals surface area (Å²) in [5.74, 6) is 0. The van der Waals surface area contributed by atoms with Gasteiger partial charge >= 0.3 is 0 Å². The van der Waals surface area contributed by atoms with Gasteiger partial charge in [-0.15, -0.1) is 0 Å². The summed E-state index contributed by atoms with van der Waals surface area (Å²) in [5.41, 5.74) is 22.9. The fourth-order valence-corrected chi connectivity index (χ4v) is 11.3. The lowest BCUT2D eigenvalue weighted by Gasteiger charge is -2.32. The van der Waals surface area contributed by atoms with Crippen molar-refractivity contribution in [3.63, 3.8) is 0 Å². The molecule has 3 aliphatic rings. The number of anilines is 3. The van der Waals surface area contributed by atoms with Gasteiger partial charge in [0.15, 0.2) is 0 Å². The average molecular weight is 766 g/mol. The van der Waals surface area contributed by atoms with Crippen LogP contribution in [0.3, 0.4) is 0 Å². The Morgan fingerprint density at radius 2 is 0.900 bits per heavy atom. The molecule has 2 nitrogen and oxygen atoms in total. The molecule has 13 rings (SSSR count). The predicted molar refractivity (Wildman–Crippen MR) is 248 cm³/mol. The van der Waals surface area contributed by atoms with Crippen molar-refractivity contribution in [3.8, 4) is 44.5 Å². The SMILES string of the molecule is CC1(C)c2ccccc2-c2ccc(N(c3ccc(-c4ccc5c(c4)oc4ccccc45)cc3)c3cccc4c3-c3ccccc3C43c4ccccc4-c4ccccc43)cc21. The van der Waals surface area contributed by atoms with E-state index in [2.05, 4.69) is 207 Å². The Morgan fingerprint density at radius 1 is 0.367 bits per heavy atom. The molecule has 0 unspecified atom stereocenters. The molecule has 1 heterocycles. The van der Waals surface area contributed by atoms with E-state index in [9.17, 15) is 0 Å². The normalized spacial score (nSPS) is 14.4. The summed E-state index contributed by atoms with van der Waals surface area (Å²) >= 11 is 0. The van der Waals surface area contributed by atoms with Crippen molar-refractivity contribution < 1.29 is 4.42 Å². The molecule has 282 valence electrons. The van der Waals surface area contributed by atoms with Crippen molar-refractivity contribution in [2.75, 3.05) is 4.90 Å². The smallest absolute Gasteiger partial charge is 0.136 e. The van der Waals surface area contributed by atoms with Gasteiger partial charge in [0.25, 0.3) is 0 Å². The van der Waals surface area contributed by atoms with E-state index in [1.54, 1.807) is 0 Å². The number of hydrogen-bond acceptors (Lipinski definition) is 2. The predicted octanol–water partition coefficient (Wildman–Crippen LogP) is 15.4. The molecule has 10 aromatic rings. The summed E-state index contributed by atoms with van der Waals surface area (Å²) in [4.78, 5) is 2.51. The first-order valence-electron chi connectivity index (χ1n) is 21.0. The molecule has 0 saturated heterocycles. The Balaban J connectivity index is 1.04. The van der Waals surface area contributed by atoms with Gasteiger partial charge in [-0.1, -0.05) is 166 Å². The van der Waals surface area contributed by atoms with Crippen LogP contribution in [0.15, 0.2) is 205 Å². The van der Waals surface area contributed by atoms with E-state index in [-0.39, 0.29) is 5.41 Å². The molecule has 1 aromatic heterocycles. The van der Waals surface area contributed by atoms with E-state index in [0.29, 0.717) is 0 Å². The Labute approximate surface area is 349 Å². The van der Waals surface area contributed by atoms with Crippen molar-refractivity contribution in [1.82, 2.24) is 0 Å². The highest BCUT2D eigenvalue weighted by Crippen LogP contribution is 2.65. The summed E-state index contributed by atoms with van der Waals surface area (Å²) in [6.45, 7) is 4.74. The highest BCUT2D eigenvalue weighted by atomic mass is 16.3. The maximum Gasteiger partial charge on any atom is 0.136 e. The molecular formula is C58H39NO. The molecule has 3 aliphatic carbocycles. The van der Waals surface area contributed by atoms with Crippen LogP contribution in [-0.4, -0.2) is 0 Å². The van der Waals surface area contributed by atoms with Gasteiger partial charge in [-0.25, -0.2) is 0 Å². The summed E-state index contributed by atoms with van der Waals surface area (Å²) in [6, 6.07) is 74.3. The number of benzene rings is 9. The second-order valence-corrected chi connectivity index (χ2v) is 17.2. The van der Waals surface area contributed by atoms with Gasteiger partial charge in [0.2, 0.25) is 0 Å². The zero-order valence-corrected chi connectivity index (χ0v) is 33.4. The maximum absolute atomic E-state index is 6.32. The second-order valence-electron chi connectivity index (χ2n) is 17.2. The van der Waals surface area contributed by atoms with Crippen LogP contribution >= 0.6 is 0 Å². The summed E-state index contributed by atoms with van der Waals surface area (Å²) < 4.78 is 6.32. The minimum Gasteiger partial charge on any atom is -0.456 e. The zero-order chi connectivity index (χ0) is 39.7. The van der Waals surface area contributed by atoms with Gasteiger partial charge in [0.1, 0.15) is 11.2 Å². The second kappa shape index (κ2) is 12.1. The standard InChI is InChI=1S/C58H39NO/c1-57(2)47-19-8-3-14-40(47)43-33-31-39(35-52(43)57)59(38-29-26-36(27-30-38)37-28-32-45-44-17-7-12-25-54(44)60-55(45)34-37)53-24-13-23-51-56(53)46-18-6-11-22-50(46)58(51)48-20-9-4-15-41(48)42-16-5-10-21-49(42)58/h3-35H,1-2H3. The lowest BCUT2D eigenvalue weighted by atomic mass is 9.70. The number of furan rings is 1. The lowest BCUT2D eigenvalue weighted by Crippen LogP contribution is -2.26. The lowest BCUT2D eigenvalue weighted by molar-refractivity contribution is 0.660. The van der Waals surface area contributed by atoms with Crippen molar-refractivity contribution in [3.05, 3.63) is 234 Å². The molecule has 0 N–H and O–H groups in total. The quantitative estimate of drug-likeness (QED) is 0.177. The van der Waals surface area contributed by atoms with Crippen LogP contribution in [0.4, 0.5) is 17.1 Å². The van der Waals surface area contributed by atoms with E-state index in [4.69, 9.17) is 4.42 Å². The topological polar surface area (TPSA) is 16.4 Å². The van der Waals surface area contributed by atoms with E-state index < -0.39 is 5.41 Å². The summed E-state index contributed by atoms with van der Waals surface area (Å²) in [5, 5.41) is 2.29. The highest BCUT2D eigenvalue weighted by Gasteiger charge is 2.52. The van der Waals surface area contributed by atoms with Crippen molar-refractivity contribution in [2.45, 2.75) is 24.7 Å². The van der Waals surface area contributed by atoms with Crippen LogP contribution in [0.1, 0.15) is 47.2 Å². The third-order valence-electron chi connectivity index (χ3n) is 13.9. The van der Waals surface area contributed by atoms with E-state index in [1.165, 1.54) is 72.4 Å². The fourth-order valence-electron chi connectivity index (χ4n) is 11.3. The molecule has 0 aliphatic heterocycles. The van der Waals surface area contributed by atoms with E-state index >= 15 is 0 Å². The number of fused-ring (bicyclic) bond motifs is 16. The first-order chi connectivity index (χ1) is 29.5. The Bertz CT molecular complexity index is 3370. The molecule has 0 radical (unpaired) electrons. The number of hydrogen-bond donors (Lipinski definition) is 0. The van der Waals surface area contributed by atoms with Gasteiger partial charge < -0.3 is 9.32 Å². The third-order valence-corrected chi connectivity index (χ3v) is 13.9. The van der Waals surface area contributed by atoms with Gasteiger partial charge in [0, 0.05) is 33.1 Å². The van der Waals surface area contributed by atoms with Crippen molar-refractivity contribution in [2.24, 2.45) is 0 Å². The van der Waals surface area contributed by atoms with Gasteiger partial charge in [0.05, 0.1) is 11.1 Å². The molecule has 2 heteroatoms. The Hall–Kier alpha value is -7.42. The van der Waals surface area contributed by atoms with Gasteiger partial charge in [-0.05, 0) is 121 Å². The fraction of sp³-hybridized carbons (Fsp3) is 0.0690. The van der Waals surface area contributed by atoms with Crippen LogP contribution in [0, 0.1) is 0 Å². The average Bonchev–Trinajstić information content (AvgIpc) is 3.99. The molecule has 0 fully saturated rings. The van der Waals surface area contributed by atoms with Crippen LogP contribution < -0.4 is 4.90 Å². The number of nitrogens with zero attached hydrogens (tertiary/aromatic N) is 1. The molecular weight excluding hydrogens is 727 g/mol. The molecule has 9 aromatic carbocycles. The third kappa shape index (κ3) is 4.32. The molecule has 0 amide bonds. The summed E-state index contributed by atoms with van der Waals surface area (Å²) in [7, 11) is 0. The minimum atomic E-state index is -0.429. The van der Waals surface area contributed by atoms with Crippen LogP contribution in [0.5, 0.6) is 0 Å². The Kier molecular flexibility index (Phi) is 6.74. The molecule has 1 spiro atoms. The monoisotopic (exact) mass is 765 g/mol. The maximum atomic E-state index is 6.32. The minimum absolute atomic E-state index is 0.140. The Morgan fingerprint density at radius 3 is 1.63 bits per heavy atom. The molecule has 0 atom stereocenters. The van der Waals surface area contributed by atoms with E-state index in [1.807, 2.05) is 12.1 Å². The summed E-state index contributed by atoms with van der Waals surface area (Å²) in [6.07, 6.45) is 0.